The summed E-state index contributed by atoms with van der Waals surface area (Å²) in [5.41, 5.74) is 5.24. The van der Waals surface area contributed by atoms with E-state index in [1.54, 1.807) is 0 Å². The molecule has 0 saturated carbocycles. The van der Waals surface area contributed by atoms with E-state index in [9.17, 15) is 17.2 Å². The average molecular weight is 254 g/mol. The Kier molecular flexibility index (Phi) is 4.00. The molecular weight excluding hydrogens is 242 g/mol. The Balaban J connectivity index is 2.92. The number of nitrogens with two attached hydrogens (primary N) is 1. The summed E-state index contributed by atoms with van der Waals surface area (Å²) in [5.74, 6) is 0.282. The largest absolute Gasteiger partial charge is 0.447 e. The number of rotatable bonds is 5. The van der Waals surface area contributed by atoms with Gasteiger partial charge in [-0.05, 0) is 12.1 Å². The second kappa shape index (κ2) is 4.89. The lowest BCUT2D eigenvalue weighted by molar-refractivity contribution is 0.126. The highest BCUT2D eigenvalue weighted by Gasteiger charge is 2.26. The zero-order valence-electron chi connectivity index (χ0n) is 8.56. The highest BCUT2D eigenvalue weighted by atomic mass is 32.2. The van der Waals surface area contributed by atoms with E-state index in [1.165, 1.54) is 12.1 Å². The van der Waals surface area contributed by atoms with Crippen molar-refractivity contribution in [3.8, 4) is 0 Å². The Hall–Kier alpha value is -0.990. The van der Waals surface area contributed by atoms with E-state index >= 15 is 0 Å². The molecule has 0 fully saturated rings. The van der Waals surface area contributed by atoms with Crippen molar-refractivity contribution in [3.05, 3.63) is 17.9 Å². The smallest absolute Gasteiger partial charge is 0.276 e. The maximum absolute atomic E-state index is 12.0. The summed E-state index contributed by atoms with van der Waals surface area (Å²) in [7, 11) is -2.93. The van der Waals surface area contributed by atoms with Crippen LogP contribution in [0.3, 0.4) is 0 Å². The first kappa shape index (κ1) is 13.1. The standard InChI is InChI=1S/C8H12F2N2O3S/c1-12(5-7(9)10)16(13,14)8-3-2-6(4-11)15-8/h2-3,7H,4-5,11H2,1H3. The summed E-state index contributed by atoms with van der Waals surface area (Å²) in [6, 6.07) is 2.59. The van der Waals surface area contributed by atoms with Crippen molar-refractivity contribution in [3.63, 3.8) is 0 Å². The molecule has 0 aromatic carbocycles. The van der Waals surface area contributed by atoms with Gasteiger partial charge in [-0.1, -0.05) is 0 Å². The summed E-state index contributed by atoms with van der Waals surface area (Å²) in [6.45, 7) is -0.824. The van der Waals surface area contributed by atoms with Gasteiger partial charge in [0.1, 0.15) is 5.76 Å². The molecule has 1 rings (SSSR count). The molecule has 92 valence electrons. The predicted octanol–water partition coefficient (Wildman–Crippen LogP) is 0.624. The fourth-order valence-corrected chi connectivity index (χ4v) is 2.12. The molecule has 0 bridgehead atoms. The summed E-state index contributed by atoms with van der Waals surface area (Å²) in [4.78, 5) is 0. The van der Waals surface area contributed by atoms with Gasteiger partial charge in [-0.3, -0.25) is 0 Å². The molecule has 1 aromatic heterocycles. The molecule has 5 nitrogen and oxygen atoms in total. The Bertz CT molecular complexity index is 444. The Labute approximate surface area is 91.9 Å². The molecular formula is C8H12F2N2O3S. The van der Waals surface area contributed by atoms with Gasteiger partial charge in [0.2, 0.25) is 5.09 Å². The van der Waals surface area contributed by atoms with E-state index < -0.39 is 23.0 Å². The van der Waals surface area contributed by atoms with Crippen LogP contribution in [0, 0.1) is 0 Å². The van der Waals surface area contributed by atoms with Crippen LogP contribution in [0.25, 0.3) is 0 Å². The maximum Gasteiger partial charge on any atom is 0.276 e. The van der Waals surface area contributed by atoms with Crippen LogP contribution in [-0.2, 0) is 16.6 Å². The van der Waals surface area contributed by atoms with E-state index in [0.717, 1.165) is 7.05 Å². The molecule has 0 saturated heterocycles. The summed E-state index contributed by atoms with van der Waals surface area (Å²) in [5, 5.41) is -0.379. The molecule has 0 aliphatic heterocycles. The lowest BCUT2D eigenvalue weighted by Gasteiger charge is -2.14. The van der Waals surface area contributed by atoms with Crippen LogP contribution in [0.5, 0.6) is 0 Å². The Morgan fingerprint density at radius 3 is 2.56 bits per heavy atom. The SMILES string of the molecule is CN(CC(F)F)S(=O)(=O)c1ccc(CN)o1. The molecule has 0 unspecified atom stereocenters. The van der Waals surface area contributed by atoms with Crippen molar-refractivity contribution in [2.45, 2.75) is 18.1 Å². The van der Waals surface area contributed by atoms with Gasteiger partial charge in [0.05, 0.1) is 13.1 Å². The van der Waals surface area contributed by atoms with Crippen molar-refractivity contribution < 1.29 is 21.6 Å². The fraction of sp³-hybridized carbons (Fsp3) is 0.500. The fourth-order valence-electron chi connectivity index (χ4n) is 1.05. The van der Waals surface area contributed by atoms with Crippen LogP contribution in [0.15, 0.2) is 21.6 Å². The van der Waals surface area contributed by atoms with Crippen LogP contribution in [0.2, 0.25) is 0 Å². The molecule has 0 aliphatic rings. The molecule has 1 aromatic rings. The Morgan fingerprint density at radius 2 is 2.12 bits per heavy atom. The minimum atomic E-state index is -3.99. The second-order valence-corrected chi connectivity index (χ2v) is 5.08. The Morgan fingerprint density at radius 1 is 1.50 bits per heavy atom. The molecule has 16 heavy (non-hydrogen) atoms. The van der Waals surface area contributed by atoms with Crippen molar-refractivity contribution >= 4 is 10.0 Å². The highest BCUT2D eigenvalue weighted by molar-refractivity contribution is 7.89. The third-order valence-electron chi connectivity index (χ3n) is 1.90. The summed E-state index contributed by atoms with van der Waals surface area (Å²) < 4.78 is 52.8. The minimum Gasteiger partial charge on any atom is -0.447 e. The van der Waals surface area contributed by atoms with Crippen molar-refractivity contribution in [1.29, 1.82) is 0 Å². The maximum atomic E-state index is 12.0. The van der Waals surface area contributed by atoms with Gasteiger partial charge in [-0.15, -0.1) is 0 Å². The van der Waals surface area contributed by atoms with Gasteiger partial charge >= 0.3 is 0 Å². The van der Waals surface area contributed by atoms with E-state index in [1.807, 2.05) is 0 Å². The molecule has 8 heteroatoms. The number of furan rings is 1. The number of nitrogens with zero attached hydrogens (tertiary/aromatic N) is 1. The lowest BCUT2D eigenvalue weighted by atomic mass is 10.5. The minimum absolute atomic E-state index is 0.0497. The first-order valence-electron chi connectivity index (χ1n) is 4.41. The molecule has 0 radical (unpaired) electrons. The number of halogens is 2. The lowest BCUT2D eigenvalue weighted by Crippen LogP contribution is -2.31. The molecule has 0 atom stereocenters. The zero-order valence-corrected chi connectivity index (χ0v) is 9.38. The number of sulfonamides is 1. The average Bonchev–Trinajstić information content (AvgIpc) is 2.65. The third-order valence-corrected chi connectivity index (χ3v) is 3.60. The van der Waals surface area contributed by atoms with Crippen LogP contribution in [0.4, 0.5) is 8.78 Å². The van der Waals surface area contributed by atoms with E-state index in [4.69, 9.17) is 10.2 Å². The zero-order chi connectivity index (χ0) is 12.3. The predicted molar refractivity (Wildman–Crippen MR) is 52.4 cm³/mol. The number of hydrogen-bond acceptors (Lipinski definition) is 4. The third kappa shape index (κ3) is 2.77. The second-order valence-electron chi connectivity index (χ2n) is 3.10. The molecule has 0 spiro atoms. The van der Waals surface area contributed by atoms with Gasteiger partial charge in [-0.25, -0.2) is 17.2 Å². The first-order valence-corrected chi connectivity index (χ1v) is 5.85. The molecule has 1 heterocycles. The van der Waals surface area contributed by atoms with Gasteiger partial charge in [0.25, 0.3) is 16.4 Å². The van der Waals surface area contributed by atoms with Crippen molar-refractivity contribution in [2.75, 3.05) is 13.6 Å². The molecule has 2 N–H and O–H groups in total. The quantitative estimate of drug-likeness (QED) is 0.835. The van der Waals surface area contributed by atoms with Gasteiger partial charge in [-0.2, -0.15) is 4.31 Å². The van der Waals surface area contributed by atoms with Crippen LogP contribution >= 0.6 is 0 Å². The van der Waals surface area contributed by atoms with Crippen LogP contribution in [-0.4, -0.2) is 32.7 Å². The molecule has 0 aliphatic carbocycles. The highest BCUT2D eigenvalue weighted by Crippen LogP contribution is 2.18. The van der Waals surface area contributed by atoms with Crippen LogP contribution in [0.1, 0.15) is 5.76 Å². The van der Waals surface area contributed by atoms with Crippen LogP contribution < -0.4 is 5.73 Å². The van der Waals surface area contributed by atoms with E-state index in [-0.39, 0.29) is 17.4 Å². The summed E-state index contributed by atoms with van der Waals surface area (Å²) >= 11 is 0. The number of alkyl halides is 2. The monoisotopic (exact) mass is 254 g/mol. The van der Waals surface area contributed by atoms with Gasteiger partial charge in [0, 0.05) is 7.05 Å². The molecule has 0 amide bonds. The van der Waals surface area contributed by atoms with E-state index in [2.05, 4.69) is 0 Å². The van der Waals surface area contributed by atoms with Crippen molar-refractivity contribution in [1.82, 2.24) is 4.31 Å². The topological polar surface area (TPSA) is 76.5 Å². The van der Waals surface area contributed by atoms with E-state index in [0.29, 0.717) is 4.31 Å². The number of hydrogen-bond donors (Lipinski definition) is 1. The first-order chi connectivity index (χ1) is 7.37. The van der Waals surface area contributed by atoms with Crippen molar-refractivity contribution in [2.24, 2.45) is 5.73 Å². The van der Waals surface area contributed by atoms with Gasteiger partial charge < -0.3 is 10.2 Å². The van der Waals surface area contributed by atoms with Gasteiger partial charge in [0.15, 0.2) is 0 Å². The summed E-state index contributed by atoms with van der Waals surface area (Å²) in [6.07, 6.45) is -2.73. The normalized spacial score (nSPS) is 12.6.